The molecule has 0 radical (unpaired) electrons. The molecule has 0 aliphatic rings. The van der Waals surface area contributed by atoms with E-state index in [9.17, 15) is 0 Å². The number of allylic oxidation sites excluding steroid dienone is 1. The van der Waals surface area contributed by atoms with E-state index in [-0.39, 0.29) is 5.60 Å². The zero-order chi connectivity index (χ0) is 19.7. The van der Waals surface area contributed by atoms with Gasteiger partial charge in [-0.2, -0.15) is 5.10 Å². The summed E-state index contributed by atoms with van der Waals surface area (Å²) in [7, 11) is 1.82. The Morgan fingerprint density at radius 1 is 1.44 bits per heavy atom. The fraction of sp³-hybridized carbons (Fsp3) is 0.500. The summed E-state index contributed by atoms with van der Waals surface area (Å²) in [6, 6.07) is 3.93. The standard InChI is InChI=1S/C22H32N4O/c1-6-10-13-18(12-7-2)22(9-4,27-5)16-19(8-3)25-21-20-14-11-15-26(20)24-17-23-21/h6,11,14-15,17-18H,1,3,7,9-10,12-13,16H2,2,4-5H3,(H,23,24,25). The molecule has 0 aliphatic carbocycles. The Kier molecular flexibility index (Phi) is 7.83. The van der Waals surface area contributed by atoms with Gasteiger partial charge in [-0.25, -0.2) is 9.50 Å². The van der Waals surface area contributed by atoms with E-state index in [4.69, 9.17) is 4.74 Å². The van der Waals surface area contributed by atoms with Crippen molar-refractivity contribution >= 4 is 11.3 Å². The lowest BCUT2D eigenvalue weighted by Gasteiger charge is -2.40. The van der Waals surface area contributed by atoms with Gasteiger partial charge in [0.15, 0.2) is 5.82 Å². The fourth-order valence-corrected chi connectivity index (χ4v) is 3.83. The molecule has 0 bridgehead atoms. The van der Waals surface area contributed by atoms with Crippen LogP contribution < -0.4 is 5.32 Å². The highest BCUT2D eigenvalue weighted by atomic mass is 16.5. The Hall–Kier alpha value is -2.36. The molecule has 5 nitrogen and oxygen atoms in total. The van der Waals surface area contributed by atoms with Gasteiger partial charge in [-0.1, -0.05) is 32.9 Å². The van der Waals surface area contributed by atoms with Gasteiger partial charge in [0.05, 0.1) is 11.3 Å². The van der Waals surface area contributed by atoms with Gasteiger partial charge in [0.1, 0.15) is 11.8 Å². The maximum Gasteiger partial charge on any atom is 0.158 e. The van der Waals surface area contributed by atoms with Gasteiger partial charge in [0.2, 0.25) is 0 Å². The van der Waals surface area contributed by atoms with Crippen LogP contribution in [0.5, 0.6) is 0 Å². The Morgan fingerprint density at radius 3 is 2.89 bits per heavy atom. The van der Waals surface area contributed by atoms with Crippen molar-refractivity contribution in [3.05, 3.63) is 55.3 Å². The van der Waals surface area contributed by atoms with E-state index < -0.39 is 0 Å². The van der Waals surface area contributed by atoms with Gasteiger partial charge in [0.25, 0.3) is 0 Å². The van der Waals surface area contributed by atoms with Crippen LogP contribution in [0.4, 0.5) is 5.82 Å². The van der Waals surface area contributed by atoms with Crippen LogP contribution in [0.25, 0.3) is 5.52 Å². The highest BCUT2D eigenvalue weighted by Gasteiger charge is 2.37. The summed E-state index contributed by atoms with van der Waals surface area (Å²) < 4.78 is 7.94. The largest absolute Gasteiger partial charge is 0.378 e. The van der Waals surface area contributed by atoms with Crippen LogP contribution in [0, 0.1) is 5.92 Å². The van der Waals surface area contributed by atoms with Crippen molar-refractivity contribution in [3.8, 4) is 0 Å². The molecule has 146 valence electrons. The smallest absolute Gasteiger partial charge is 0.158 e. The van der Waals surface area contributed by atoms with Crippen LogP contribution in [-0.4, -0.2) is 27.3 Å². The number of aromatic nitrogens is 3. The van der Waals surface area contributed by atoms with Crippen molar-refractivity contribution in [2.24, 2.45) is 5.92 Å². The number of nitrogens with one attached hydrogen (secondary N) is 1. The zero-order valence-electron chi connectivity index (χ0n) is 16.9. The zero-order valence-corrected chi connectivity index (χ0v) is 16.9. The summed E-state index contributed by atoms with van der Waals surface area (Å²) in [6.07, 6.45) is 11.4. The summed E-state index contributed by atoms with van der Waals surface area (Å²) in [5.41, 5.74) is 4.61. The van der Waals surface area contributed by atoms with Gasteiger partial charge >= 0.3 is 0 Å². The van der Waals surface area contributed by atoms with Crippen molar-refractivity contribution in [2.75, 3.05) is 12.4 Å². The molecule has 27 heavy (non-hydrogen) atoms. The first-order valence-electron chi connectivity index (χ1n) is 9.74. The van der Waals surface area contributed by atoms with Crippen molar-refractivity contribution in [1.29, 1.82) is 0 Å². The second kappa shape index (κ2) is 10.1. The first kappa shape index (κ1) is 20.9. The van der Waals surface area contributed by atoms with Crippen LogP contribution in [-0.2, 0) is 4.74 Å². The average molecular weight is 369 g/mol. The number of anilines is 1. The molecular weight excluding hydrogens is 336 g/mol. The quantitative estimate of drug-likeness (QED) is 0.404. The fourth-order valence-electron chi connectivity index (χ4n) is 3.83. The molecule has 1 N–H and O–H groups in total. The number of hydrogen-bond acceptors (Lipinski definition) is 4. The van der Waals surface area contributed by atoms with Gasteiger partial charge in [-0.3, -0.25) is 0 Å². The number of methoxy groups -OCH3 is 1. The molecule has 0 spiro atoms. The van der Waals surface area contributed by atoms with Gasteiger partial charge in [-0.15, -0.1) is 12.3 Å². The molecule has 2 heterocycles. The van der Waals surface area contributed by atoms with E-state index in [0.29, 0.717) is 12.3 Å². The number of nitrogens with zero attached hydrogens (tertiary/aromatic N) is 3. The average Bonchev–Trinajstić information content (AvgIpc) is 3.18. The molecule has 0 aromatic carbocycles. The van der Waals surface area contributed by atoms with Crippen molar-refractivity contribution in [3.63, 3.8) is 0 Å². The minimum atomic E-state index is -0.267. The minimum absolute atomic E-state index is 0.267. The van der Waals surface area contributed by atoms with Gasteiger partial charge in [-0.05, 0) is 43.7 Å². The van der Waals surface area contributed by atoms with E-state index in [1.165, 1.54) is 0 Å². The Bertz CT molecular complexity index is 784. The molecule has 0 saturated carbocycles. The number of fused-ring (bicyclic) bond motifs is 1. The molecule has 0 fully saturated rings. The molecular formula is C22H32N4O. The van der Waals surface area contributed by atoms with E-state index in [1.54, 1.807) is 10.8 Å². The van der Waals surface area contributed by atoms with Crippen LogP contribution in [0.3, 0.4) is 0 Å². The molecule has 2 unspecified atom stereocenters. The van der Waals surface area contributed by atoms with Crippen LogP contribution in [0.15, 0.2) is 55.3 Å². The van der Waals surface area contributed by atoms with E-state index in [1.807, 2.05) is 31.5 Å². The highest BCUT2D eigenvalue weighted by Crippen LogP contribution is 2.38. The number of rotatable bonds is 12. The Morgan fingerprint density at radius 2 is 2.26 bits per heavy atom. The second-order valence-corrected chi connectivity index (χ2v) is 6.88. The highest BCUT2D eigenvalue weighted by molar-refractivity contribution is 5.68. The third-order valence-corrected chi connectivity index (χ3v) is 5.40. The topological polar surface area (TPSA) is 51.5 Å². The maximum atomic E-state index is 6.14. The molecule has 0 amide bonds. The van der Waals surface area contributed by atoms with Crippen LogP contribution in [0.1, 0.15) is 52.4 Å². The normalized spacial score (nSPS) is 14.3. The molecule has 0 saturated heterocycles. The minimum Gasteiger partial charge on any atom is -0.378 e. The maximum absolute atomic E-state index is 6.14. The monoisotopic (exact) mass is 368 g/mol. The molecule has 5 heteroatoms. The second-order valence-electron chi connectivity index (χ2n) is 6.88. The van der Waals surface area contributed by atoms with Crippen LogP contribution in [0.2, 0.25) is 0 Å². The Balaban J connectivity index is 2.27. The summed E-state index contributed by atoms with van der Waals surface area (Å²) in [4.78, 5) is 4.39. The SMILES string of the molecule is C=C=C(CC(CC)(OC)C(CCC)CCC=C)Nc1ncnn2cccc12. The van der Waals surface area contributed by atoms with Gasteiger partial charge < -0.3 is 10.1 Å². The summed E-state index contributed by atoms with van der Waals surface area (Å²) in [6.45, 7) is 12.2. The third-order valence-electron chi connectivity index (χ3n) is 5.40. The molecule has 2 rings (SSSR count). The predicted molar refractivity (Wildman–Crippen MR) is 112 cm³/mol. The lowest BCUT2D eigenvalue weighted by molar-refractivity contribution is -0.0664. The van der Waals surface area contributed by atoms with Crippen molar-refractivity contribution in [2.45, 2.75) is 58.0 Å². The van der Waals surface area contributed by atoms with Crippen molar-refractivity contribution in [1.82, 2.24) is 14.6 Å². The number of hydrogen-bond donors (Lipinski definition) is 1. The predicted octanol–water partition coefficient (Wildman–Crippen LogP) is 5.38. The van der Waals surface area contributed by atoms with Gasteiger partial charge in [0, 0.05) is 19.7 Å². The first-order chi connectivity index (χ1) is 13.1. The molecule has 2 aromatic rings. The summed E-state index contributed by atoms with van der Waals surface area (Å²) >= 11 is 0. The molecule has 2 aromatic heterocycles. The van der Waals surface area contributed by atoms with Crippen LogP contribution >= 0.6 is 0 Å². The lowest BCUT2D eigenvalue weighted by atomic mass is 9.76. The molecule has 0 aliphatic heterocycles. The Labute approximate surface area is 162 Å². The van der Waals surface area contributed by atoms with Crippen molar-refractivity contribution < 1.29 is 4.74 Å². The third kappa shape index (κ3) is 4.88. The summed E-state index contributed by atoms with van der Waals surface area (Å²) in [5, 5.41) is 7.62. The van der Waals surface area contributed by atoms with E-state index in [0.717, 1.165) is 49.1 Å². The summed E-state index contributed by atoms with van der Waals surface area (Å²) in [5.74, 6) is 1.19. The number of ether oxygens (including phenoxy) is 1. The first-order valence-corrected chi connectivity index (χ1v) is 9.74. The van der Waals surface area contributed by atoms with E-state index in [2.05, 4.69) is 48.1 Å². The molecule has 2 atom stereocenters. The van der Waals surface area contributed by atoms with E-state index >= 15 is 0 Å². The lowest BCUT2D eigenvalue weighted by Crippen LogP contribution is -2.40.